The van der Waals surface area contributed by atoms with E-state index in [2.05, 4.69) is 27.8 Å². The lowest BCUT2D eigenvalue weighted by atomic mass is 10.1. The molecule has 0 spiro atoms. The quantitative estimate of drug-likeness (QED) is 0.588. The summed E-state index contributed by atoms with van der Waals surface area (Å²) in [5, 5.41) is 0. The highest BCUT2D eigenvalue weighted by Gasteiger charge is 2.03. The highest BCUT2D eigenvalue weighted by atomic mass is 79.9. The molecule has 0 aliphatic heterocycles. The lowest BCUT2D eigenvalue weighted by Gasteiger charge is -2.03. The van der Waals surface area contributed by atoms with Gasteiger partial charge >= 0.3 is 0 Å². The van der Waals surface area contributed by atoms with Gasteiger partial charge in [0.05, 0.1) is 5.69 Å². The Balaban J connectivity index is 3.16. The first-order valence-electron chi connectivity index (χ1n) is 4.14. The Morgan fingerprint density at radius 3 is 2.92 bits per heavy atom. The molecule has 0 N–H and O–H groups in total. The molecule has 3 heteroatoms. The molecule has 0 aliphatic carbocycles. The molecule has 0 bridgehead atoms. The topological polar surface area (TPSA) is 29.4 Å². The van der Waals surface area contributed by atoms with Crippen LogP contribution in [0.15, 0.2) is 27.7 Å². The average molecular weight is 240 g/mol. The van der Waals surface area contributed by atoms with Crippen LogP contribution in [0.2, 0.25) is 0 Å². The van der Waals surface area contributed by atoms with E-state index in [4.69, 9.17) is 0 Å². The third-order valence-electron chi connectivity index (χ3n) is 1.75. The predicted octanol–water partition coefficient (Wildman–Crippen LogP) is 3.37. The van der Waals surface area contributed by atoms with Gasteiger partial charge in [-0.05, 0) is 34.0 Å². The molecule has 0 unspecified atom stereocenters. The smallest absolute Gasteiger partial charge is 0.211 e. The van der Waals surface area contributed by atoms with Crippen molar-refractivity contribution in [2.45, 2.75) is 19.8 Å². The maximum Gasteiger partial charge on any atom is 0.240 e. The zero-order chi connectivity index (χ0) is 9.68. The molecule has 0 heterocycles. The summed E-state index contributed by atoms with van der Waals surface area (Å²) in [6.45, 7) is 2.09. The molecule has 2 nitrogen and oxygen atoms in total. The SMILES string of the molecule is CCCc1cccc(Br)c1N=C=O. The number of benzene rings is 1. The Bertz CT molecular complexity index is 343. The zero-order valence-corrected chi connectivity index (χ0v) is 8.97. The summed E-state index contributed by atoms with van der Waals surface area (Å²) in [6, 6.07) is 5.79. The van der Waals surface area contributed by atoms with Gasteiger partial charge < -0.3 is 0 Å². The van der Waals surface area contributed by atoms with Crippen LogP contribution >= 0.6 is 15.9 Å². The maximum atomic E-state index is 10.2. The molecule has 0 atom stereocenters. The summed E-state index contributed by atoms with van der Waals surface area (Å²) < 4.78 is 0.849. The van der Waals surface area contributed by atoms with Crippen molar-refractivity contribution in [3.05, 3.63) is 28.2 Å². The number of aliphatic imine (C=N–C) groups is 1. The number of nitrogens with zero attached hydrogens (tertiary/aromatic N) is 1. The monoisotopic (exact) mass is 239 g/mol. The summed E-state index contributed by atoms with van der Waals surface area (Å²) in [5.74, 6) is 0. The molecule has 13 heavy (non-hydrogen) atoms. The van der Waals surface area contributed by atoms with Crippen molar-refractivity contribution in [2.24, 2.45) is 4.99 Å². The zero-order valence-electron chi connectivity index (χ0n) is 7.38. The van der Waals surface area contributed by atoms with Crippen molar-refractivity contribution in [1.29, 1.82) is 0 Å². The normalized spacial score (nSPS) is 9.38. The highest BCUT2D eigenvalue weighted by molar-refractivity contribution is 9.10. The fourth-order valence-corrected chi connectivity index (χ4v) is 1.70. The van der Waals surface area contributed by atoms with Crippen molar-refractivity contribution < 1.29 is 4.79 Å². The van der Waals surface area contributed by atoms with Gasteiger partial charge in [-0.15, -0.1) is 0 Å². The predicted molar refractivity (Wildman–Crippen MR) is 55.9 cm³/mol. The van der Waals surface area contributed by atoms with Crippen LogP contribution in [0.4, 0.5) is 5.69 Å². The van der Waals surface area contributed by atoms with Gasteiger partial charge in [0.1, 0.15) is 0 Å². The first-order valence-corrected chi connectivity index (χ1v) is 4.94. The van der Waals surface area contributed by atoms with Crippen molar-refractivity contribution >= 4 is 27.7 Å². The Morgan fingerprint density at radius 1 is 1.54 bits per heavy atom. The number of rotatable bonds is 3. The van der Waals surface area contributed by atoms with Gasteiger partial charge in [0, 0.05) is 4.47 Å². The third-order valence-corrected chi connectivity index (χ3v) is 2.39. The van der Waals surface area contributed by atoms with Crippen LogP contribution in [0.25, 0.3) is 0 Å². The summed E-state index contributed by atoms with van der Waals surface area (Å²) in [4.78, 5) is 13.8. The van der Waals surface area contributed by atoms with Gasteiger partial charge in [0.2, 0.25) is 6.08 Å². The summed E-state index contributed by atoms with van der Waals surface area (Å²) in [7, 11) is 0. The van der Waals surface area contributed by atoms with E-state index >= 15 is 0 Å². The molecule has 0 saturated carbocycles. The summed E-state index contributed by atoms with van der Waals surface area (Å²) in [5.41, 5.74) is 1.79. The largest absolute Gasteiger partial charge is 0.240 e. The minimum atomic E-state index is 0.708. The molecular weight excluding hydrogens is 230 g/mol. The van der Waals surface area contributed by atoms with Crippen LogP contribution in [0.1, 0.15) is 18.9 Å². The Labute approximate surface area is 85.8 Å². The van der Waals surface area contributed by atoms with Gasteiger partial charge in [-0.25, -0.2) is 4.79 Å². The van der Waals surface area contributed by atoms with E-state index in [1.807, 2.05) is 18.2 Å². The fraction of sp³-hybridized carbons (Fsp3) is 0.300. The van der Waals surface area contributed by atoms with Gasteiger partial charge in [0.25, 0.3) is 0 Å². The molecular formula is C10H10BrNO. The number of isocyanates is 1. The van der Waals surface area contributed by atoms with Crippen molar-refractivity contribution in [3.8, 4) is 0 Å². The fourth-order valence-electron chi connectivity index (χ4n) is 1.20. The van der Waals surface area contributed by atoms with Gasteiger partial charge in [-0.2, -0.15) is 4.99 Å². The Kier molecular flexibility index (Phi) is 3.87. The molecule has 1 aromatic carbocycles. The second-order valence-corrected chi connectivity index (χ2v) is 3.55. The van der Waals surface area contributed by atoms with Crippen LogP contribution in [0.5, 0.6) is 0 Å². The molecule has 0 fully saturated rings. The number of carbonyl (C=O) groups excluding carboxylic acids is 1. The lowest BCUT2D eigenvalue weighted by molar-refractivity contribution is 0.565. The molecule has 68 valence electrons. The second-order valence-electron chi connectivity index (χ2n) is 2.70. The van der Waals surface area contributed by atoms with Crippen LogP contribution in [0, 0.1) is 0 Å². The minimum absolute atomic E-state index is 0.708. The number of para-hydroxylation sites is 1. The van der Waals surface area contributed by atoms with Crippen LogP contribution < -0.4 is 0 Å². The van der Waals surface area contributed by atoms with Crippen molar-refractivity contribution in [1.82, 2.24) is 0 Å². The first kappa shape index (κ1) is 10.2. The maximum absolute atomic E-state index is 10.2. The van der Waals surface area contributed by atoms with E-state index in [0.29, 0.717) is 5.69 Å². The van der Waals surface area contributed by atoms with Crippen LogP contribution in [-0.4, -0.2) is 6.08 Å². The summed E-state index contributed by atoms with van der Waals surface area (Å²) >= 11 is 3.35. The van der Waals surface area contributed by atoms with E-state index in [1.165, 1.54) is 0 Å². The summed E-state index contributed by atoms with van der Waals surface area (Å²) in [6.07, 6.45) is 3.54. The van der Waals surface area contributed by atoms with Crippen molar-refractivity contribution in [2.75, 3.05) is 0 Å². The van der Waals surface area contributed by atoms with Crippen LogP contribution in [0.3, 0.4) is 0 Å². The molecule has 1 rings (SSSR count). The van der Waals surface area contributed by atoms with E-state index < -0.39 is 0 Å². The molecule has 1 aromatic rings. The van der Waals surface area contributed by atoms with Gasteiger partial charge in [0.15, 0.2) is 0 Å². The third kappa shape index (κ3) is 2.51. The van der Waals surface area contributed by atoms with E-state index in [-0.39, 0.29) is 0 Å². The van der Waals surface area contributed by atoms with E-state index in [9.17, 15) is 4.79 Å². The number of aryl methyl sites for hydroxylation is 1. The Hall–Kier alpha value is -0.920. The van der Waals surface area contributed by atoms with Gasteiger partial charge in [-0.1, -0.05) is 25.5 Å². The standard InChI is InChI=1S/C10H10BrNO/c1-2-4-8-5-3-6-9(11)10(8)12-7-13/h3,5-6H,2,4H2,1H3. The minimum Gasteiger partial charge on any atom is -0.211 e. The number of hydrogen-bond donors (Lipinski definition) is 0. The van der Waals surface area contributed by atoms with Crippen molar-refractivity contribution in [3.63, 3.8) is 0 Å². The average Bonchev–Trinajstić information content (AvgIpc) is 2.11. The van der Waals surface area contributed by atoms with Gasteiger partial charge in [-0.3, -0.25) is 0 Å². The second kappa shape index (κ2) is 4.95. The van der Waals surface area contributed by atoms with E-state index in [0.717, 1.165) is 22.9 Å². The highest BCUT2D eigenvalue weighted by Crippen LogP contribution is 2.29. The lowest BCUT2D eigenvalue weighted by Crippen LogP contribution is -1.84. The molecule has 0 radical (unpaired) electrons. The number of halogens is 1. The first-order chi connectivity index (χ1) is 6.29. The van der Waals surface area contributed by atoms with E-state index in [1.54, 1.807) is 6.08 Å². The van der Waals surface area contributed by atoms with Crippen LogP contribution in [-0.2, 0) is 11.2 Å². The molecule has 0 amide bonds. The molecule has 0 aliphatic rings. The molecule has 0 saturated heterocycles. The number of hydrogen-bond acceptors (Lipinski definition) is 2. The molecule has 0 aromatic heterocycles. The Morgan fingerprint density at radius 2 is 2.31 bits per heavy atom.